The number of nitrogens with two attached hydrogens (primary N) is 1. The van der Waals surface area contributed by atoms with E-state index in [4.69, 9.17) is 10.5 Å². The molecule has 1 aliphatic heterocycles. The summed E-state index contributed by atoms with van der Waals surface area (Å²) in [4.78, 5) is 0. The average Bonchev–Trinajstić information content (AvgIpc) is 2.78. The van der Waals surface area contributed by atoms with Gasteiger partial charge in [-0.05, 0) is 38.3 Å². The summed E-state index contributed by atoms with van der Waals surface area (Å²) in [6.45, 7) is 6.83. The maximum atomic E-state index is 12.4. The third-order valence-corrected chi connectivity index (χ3v) is 5.80. The van der Waals surface area contributed by atoms with Crippen molar-refractivity contribution in [2.24, 2.45) is 5.73 Å². The second-order valence-corrected chi connectivity index (χ2v) is 7.12. The molecular formula is C15H23NO2S. The van der Waals surface area contributed by atoms with Crippen molar-refractivity contribution in [2.45, 2.75) is 44.6 Å². The van der Waals surface area contributed by atoms with Crippen molar-refractivity contribution in [3.63, 3.8) is 0 Å². The predicted molar refractivity (Wildman–Crippen MR) is 79.7 cm³/mol. The Morgan fingerprint density at radius 2 is 2.21 bits per heavy atom. The maximum absolute atomic E-state index is 12.4. The number of hydrogen-bond acceptors (Lipinski definition) is 3. The van der Waals surface area contributed by atoms with Crippen LogP contribution in [0.1, 0.15) is 36.1 Å². The highest BCUT2D eigenvalue weighted by atomic mass is 32.2. The van der Waals surface area contributed by atoms with Gasteiger partial charge in [0.25, 0.3) is 0 Å². The molecule has 4 atom stereocenters. The molecule has 19 heavy (non-hydrogen) atoms. The topological polar surface area (TPSA) is 52.3 Å². The van der Waals surface area contributed by atoms with E-state index in [-0.39, 0.29) is 17.4 Å². The van der Waals surface area contributed by atoms with Gasteiger partial charge in [0, 0.05) is 29.2 Å². The van der Waals surface area contributed by atoms with Crippen molar-refractivity contribution in [1.29, 1.82) is 0 Å². The summed E-state index contributed by atoms with van der Waals surface area (Å²) in [7, 11) is -0.921. The molecule has 4 unspecified atom stereocenters. The van der Waals surface area contributed by atoms with Gasteiger partial charge in [-0.25, -0.2) is 0 Å². The van der Waals surface area contributed by atoms with Gasteiger partial charge in [-0.2, -0.15) is 0 Å². The standard InChI is InChI=1S/C15H23NO2S/c1-10-4-5-11(2)13(8-10)14(16)9-19(17)15-6-7-18-12(15)3/h4-5,8,12,14-15H,6-7,9,16H2,1-3H3. The molecule has 3 nitrogen and oxygen atoms in total. The van der Waals surface area contributed by atoms with Gasteiger partial charge in [0.05, 0.1) is 11.4 Å². The fourth-order valence-corrected chi connectivity index (χ4v) is 4.25. The summed E-state index contributed by atoms with van der Waals surface area (Å²) in [6.07, 6.45) is 0.972. The van der Waals surface area contributed by atoms with Crippen molar-refractivity contribution >= 4 is 10.8 Å². The Hall–Kier alpha value is -0.710. The van der Waals surface area contributed by atoms with Crippen LogP contribution in [0.4, 0.5) is 0 Å². The van der Waals surface area contributed by atoms with Crippen molar-refractivity contribution in [2.75, 3.05) is 12.4 Å². The van der Waals surface area contributed by atoms with Crippen molar-refractivity contribution in [3.05, 3.63) is 34.9 Å². The molecule has 4 heteroatoms. The van der Waals surface area contributed by atoms with Crippen LogP contribution >= 0.6 is 0 Å². The molecular weight excluding hydrogens is 258 g/mol. The number of hydrogen-bond donors (Lipinski definition) is 1. The van der Waals surface area contributed by atoms with E-state index in [0.29, 0.717) is 5.75 Å². The van der Waals surface area contributed by atoms with Crippen molar-refractivity contribution in [1.82, 2.24) is 0 Å². The molecule has 0 bridgehead atoms. The zero-order chi connectivity index (χ0) is 14.0. The van der Waals surface area contributed by atoms with Crippen LogP contribution in [-0.4, -0.2) is 27.9 Å². The Labute approximate surface area is 118 Å². The Balaban J connectivity index is 2.06. The van der Waals surface area contributed by atoms with Crippen LogP contribution in [0.2, 0.25) is 0 Å². The lowest BCUT2D eigenvalue weighted by atomic mass is 10.0. The largest absolute Gasteiger partial charge is 0.377 e. The van der Waals surface area contributed by atoms with E-state index in [0.717, 1.165) is 18.6 Å². The number of rotatable bonds is 4. The zero-order valence-electron chi connectivity index (χ0n) is 11.9. The van der Waals surface area contributed by atoms with Crippen LogP contribution in [0.3, 0.4) is 0 Å². The predicted octanol–water partition coefficient (Wildman–Crippen LogP) is 2.23. The van der Waals surface area contributed by atoms with Gasteiger partial charge < -0.3 is 10.5 Å². The number of benzene rings is 1. The van der Waals surface area contributed by atoms with Crippen LogP contribution in [-0.2, 0) is 15.5 Å². The summed E-state index contributed by atoms with van der Waals surface area (Å²) < 4.78 is 17.9. The van der Waals surface area contributed by atoms with Crippen LogP contribution < -0.4 is 5.73 Å². The van der Waals surface area contributed by atoms with Gasteiger partial charge in [0.15, 0.2) is 0 Å². The first-order valence-corrected chi connectivity index (χ1v) is 8.18. The monoisotopic (exact) mass is 281 g/mol. The zero-order valence-corrected chi connectivity index (χ0v) is 12.7. The van der Waals surface area contributed by atoms with E-state index in [1.54, 1.807) is 0 Å². The minimum Gasteiger partial charge on any atom is -0.377 e. The van der Waals surface area contributed by atoms with Gasteiger partial charge in [-0.15, -0.1) is 0 Å². The molecule has 1 aromatic rings. The van der Waals surface area contributed by atoms with E-state index in [1.165, 1.54) is 11.1 Å². The summed E-state index contributed by atoms with van der Waals surface area (Å²) in [6, 6.07) is 6.10. The first-order chi connectivity index (χ1) is 8.99. The lowest BCUT2D eigenvalue weighted by molar-refractivity contribution is 0.127. The molecule has 1 saturated heterocycles. The summed E-state index contributed by atoms with van der Waals surface area (Å²) in [5.41, 5.74) is 9.72. The Morgan fingerprint density at radius 3 is 2.84 bits per heavy atom. The van der Waals surface area contributed by atoms with Gasteiger partial charge in [0.1, 0.15) is 0 Å². The summed E-state index contributed by atoms with van der Waals surface area (Å²) in [5.74, 6) is 0.517. The molecule has 1 aromatic carbocycles. The molecule has 1 fully saturated rings. The van der Waals surface area contributed by atoms with Crippen molar-refractivity contribution < 1.29 is 8.95 Å². The van der Waals surface area contributed by atoms with Gasteiger partial charge >= 0.3 is 0 Å². The first-order valence-electron chi connectivity index (χ1n) is 6.80. The van der Waals surface area contributed by atoms with Gasteiger partial charge in [-0.1, -0.05) is 23.8 Å². The molecule has 0 amide bonds. The lowest BCUT2D eigenvalue weighted by Crippen LogP contribution is -2.29. The average molecular weight is 281 g/mol. The third-order valence-electron chi connectivity index (χ3n) is 3.82. The molecule has 0 aromatic heterocycles. The molecule has 2 rings (SSSR count). The normalized spacial score (nSPS) is 26.3. The fraction of sp³-hybridized carbons (Fsp3) is 0.600. The highest BCUT2D eigenvalue weighted by molar-refractivity contribution is 7.85. The highest BCUT2D eigenvalue weighted by Gasteiger charge is 2.30. The lowest BCUT2D eigenvalue weighted by Gasteiger charge is -2.19. The smallest absolute Gasteiger partial charge is 0.0691 e. The van der Waals surface area contributed by atoms with E-state index in [9.17, 15) is 4.21 Å². The summed E-state index contributed by atoms with van der Waals surface area (Å²) in [5, 5.41) is 0.135. The van der Waals surface area contributed by atoms with E-state index in [1.807, 2.05) is 6.92 Å². The third kappa shape index (κ3) is 3.44. The molecule has 0 aliphatic carbocycles. The van der Waals surface area contributed by atoms with E-state index >= 15 is 0 Å². The van der Waals surface area contributed by atoms with Gasteiger partial charge in [0.2, 0.25) is 0 Å². The molecule has 0 saturated carbocycles. The molecule has 1 aliphatic rings. The highest BCUT2D eigenvalue weighted by Crippen LogP contribution is 2.23. The fourth-order valence-electron chi connectivity index (χ4n) is 2.61. The maximum Gasteiger partial charge on any atom is 0.0691 e. The Kier molecular flexibility index (Phi) is 4.76. The molecule has 2 N–H and O–H groups in total. The Bertz CT molecular complexity index is 475. The van der Waals surface area contributed by atoms with Gasteiger partial charge in [-0.3, -0.25) is 4.21 Å². The van der Waals surface area contributed by atoms with E-state index < -0.39 is 10.8 Å². The Morgan fingerprint density at radius 1 is 1.47 bits per heavy atom. The van der Waals surface area contributed by atoms with Crippen LogP contribution in [0.25, 0.3) is 0 Å². The molecule has 0 spiro atoms. The molecule has 1 heterocycles. The first kappa shape index (κ1) is 14.7. The second-order valence-electron chi connectivity index (χ2n) is 5.42. The molecule has 0 radical (unpaired) electrons. The second kappa shape index (κ2) is 6.16. The minimum atomic E-state index is -0.921. The van der Waals surface area contributed by atoms with Crippen LogP contribution in [0, 0.1) is 13.8 Å². The van der Waals surface area contributed by atoms with Crippen LogP contribution in [0.15, 0.2) is 18.2 Å². The number of ether oxygens (including phenoxy) is 1. The SMILES string of the molecule is Cc1ccc(C)c(C(N)CS(=O)C2CCOC2C)c1. The van der Waals surface area contributed by atoms with Crippen LogP contribution in [0.5, 0.6) is 0 Å². The minimum absolute atomic E-state index is 0.0895. The summed E-state index contributed by atoms with van der Waals surface area (Å²) >= 11 is 0. The number of aryl methyl sites for hydroxylation is 2. The van der Waals surface area contributed by atoms with E-state index in [2.05, 4.69) is 32.0 Å². The molecule has 106 valence electrons. The quantitative estimate of drug-likeness (QED) is 0.921. The van der Waals surface area contributed by atoms with Crippen molar-refractivity contribution in [3.8, 4) is 0 Å².